The lowest BCUT2D eigenvalue weighted by molar-refractivity contribution is 0.926. The molecule has 0 amide bonds. The minimum Gasteiger partial charge on any atom is -0.282 e. The number of nitrogens with zero attached hydrogens (tertiary/aromatic N) is 3. The first kappa shape index (κ1) is 10.5. The molecule has 0 aliphatic heterocycles. The normalized spacial score (nSPS) is 10.6. The van der Waals surface area contributed by atoms with E-state index in [1.54, 1.807) is 0 Å². The molecule has 0 unspecified atom stereocenters. The summed E-state index contributed by atoms with van der Waals surface area (Å²) in [7, 11) is 0. The summed E-state index contributed by atoms with van der Waals surface area (Å²) in [4.78, 5) is 0. The molecule has 0 atom stereocenters. The quantitative estimate of drug-likeness (QED) is 0.758. The number of rotatable bonds is 2. The van der Waals surface area contributed by atoms with Crippen LogP contribution in [0.1, 0.15) is 11.6 Å². The Morgan fingerprint density at radius 3 is 2.80 bits per heavy atom. The lowest BCUT2D eigenvalue weighted by Crippen LogP contribution is -2.01. The first-order chi connectivity index (χ1) is 7.22. The molecule has 0 N–H and O–H groups in total. The highest BCUT2D eigenvalue weighted by atomic mass is 35.5. The Morgan fingerprint density at radius 1 is 1.33 bits per heavy atom. The second-order valence-corrected chi connectivity index (χ2v) is 3.82. The Morgan fingerprint density at radius 2 is 2.13 bits per heavy atom. The van der Waals surface area contributed by atoms with Gasteiger partial charge in [0.2, 0.25) is 0 Å². The molecule has 3 nitrogen and oxygen atoms in total. The standard InChI is InChI=1S/C10H9Cl2N3/c1-7-13-14-10(6-11)15(7)9-4-2-3-8(12)5-9/h2-5H,6H2,1H3. The molecule has 0 aliphatic rings. The molecule has 0 radical (unpaired) electrons. The van der Waals surface area contributed by atoms with E-state index in [2.05, 4.69) is 10.2 Å². The van der Waals surface area contributed by atoms with E-state index in [-0.39, 0.29) is 0 Å². The summed E-state index contributed by atoms with van der Waals surface area (Å²) in [5.74, 6) is 1.84. The molecule has 0 bridgehead atoms. The van der Waals surface area contributed by atoms with Crippen LogP contribution in [0, 0.1) is 6.92 Å². The first-order valence-corrected chi connectivity index (χ1v) is 5.36. The molecule has 2 rings (SSSR count). The van der Waals surface area contributed by atoms with E-state index in [1.165, 1.54) is 0 Å². The molecule has 0 aliphatic carbocycles. The summed E-state index contributed by atoms with van der Waals surface area (Å²) >= 11 is 11.7. The highest BCUT2D eigenvalue weighted by molar-refractivity contribution is 6.30. The summed E-state index contributed by atoms with van der Waals surface area (Å²) in [5.41, 5.74) is 0.931. The second-order valence-electron chi connectivity index (χ2n) is 3.11. The largest absolute Gasteiger partial charge is 0.282 e. The fourth-order valence-corrected chi connectivity index (χ4v) is 1.80. The summed E-state index contributed by atoms with van der Waals surface area (Å²) in [6.45, 7) is 1.88. The molecule has 1 heterocycles. The Hall–Kier alpha value is -1.06. The monoisotopic (exact) mass is 241 g/mol. The topological polar surface area (TPSA) is 30.7 Å². The van der Waals surface area contributed by atoms with Crippen LogP contribution in [0.25, 0.3) is 5.69 Å². The van der Waals surface area contributed by atoms with Crippen molar-refractivity contribution in [2.24, 2.45) is 0 Å². The predicted molar refractivity (Wildman–Crippen MR) is 60.7 cm³/mol. The lowest BCUT2D eigenvalue weighted by Gasteiger charge is -2.06. The molecule has 15 heavy (non-hydrogen) atoms. The molecular formula is C10H9Cl2N3. The highest BCUT2D eigenvalue weighted by Crippen LogP contribution is 2.18. The van der Waals surface area contributed by atoms with Crippen molar-refractivity contribution in [3.63, 3.8) is 0 Å². The van der Waals surface area contributed by atoms with Crippen LogP contribution in [-0.4, -0.2) is 14.8 Å². The van der Waals surface area contributed by atoms with Crippen LogP contribution in [0.15, 0.2) is 24.3 Å². The molecule has 1 aromatic carbocycles. The fourth-order valence-electron chi connectivity index (χ4n) is 1.44. The van der Waals surface area contributed by atoms with E-state index >= 15 is 0 Å². The van der Waals surface area contributed by atoms with Gasteiger partial charge in [0.25, 0.3) is 0 Å². The van der Waals surface area contributed by atoms with Crippen molar-refractivity contribution in [3.8, 4) is 5.69 Å². The van der Waals surface area contributed by atoms with Crippen molar-refractivity contribution >= 4 is 23.2 Å². The third-order valence-electron chi connectivity index (χ3n) is 2.08. The molecular weight excluding hydrogens is 233 g/mol. The van der Waals surface area contributed by atoms with E-state index in [4.69, 9.17) is 23.2 Å². The maximum atomic E-state index is 5.92. The molecule has 0 fully saturated rings. The highest BCUT2D eigenvalue weighted by Gasteiger charge is 2.09. The maximum Gasteiger partial charge on any atom is 0.152 e. The number of hydrogen-bond acceptors (Lipinski definition) is 2. The van der Waals surface area contributed by atoms with Crippen LogP contribution in [-0.2, 0) is 5.88 Å². The Labute approximate surface area is 97.7 Å². The Kier molecular flexibility index (Phi) is 2.93. The Balaban J connectivity index is 2.57. The SMILES string of the molecule is Cc1nnc(CCl)n1-c1cccc(Cl)c1. The molecule has 0 saturated carbocycles. The number of benzene rings is 1. The van der Waals surface area contributed by atoms with Gasteiger partial charge in [-0.25, -0.2) is 0 Å². The van der Waals surface area contributed by atoms with E-state index in [0.717, 1.165) is 17.3 Å². The van der Waals surface area contributed by atoms with Gasteiger partial charge < -0.3 is 0 Å². The smallest absolute Gasteiger partial charge is 0.152 e. The zero-order chi connectivity index (χ0) is 10.8. The molecule has 0 spiro atoms. The second kappa shape index (κ2) is 4.21. The van der Waals surface area contributed by atoms with E-state index in [1.807, 2.05) is 35.8 Å². The van der Waals surface area contributed by atoms with Crippen LogP contribution in [0.2, 0.25) is 5.02 Å². The van der Waals surface area contributed by atoms with E-state index in [9.17, 15) is 0 Å². The van der Waals surface area contributed by atoms with Gasteiger partial charge in [-0.3, -0.25) is 4.57 Å². The van der Waals surface area contributed by atoms with Crippen LogP contribution in [0.4, 0.5) is 0 Å². The minimum atomic E-state index is 0.327. The summed E-state index contributed by atoms with van der Waals surface area (Å²) in [5, 5.41) is 8.64. The Bertz CT molecular complexity index is 479. The zero-order valence-corrected chi connectivity index (χ0v) is 9.63. The van der Waals surface area contributed by atoms with Gasteiger partial charge in [0.15, 0.2) is 5.82 Å². The first-order valence-electron chi connectivity index (χ1n) is 4.45. The fraction of sp³-hybridized carbons (Fsp3) is 0.200. The average Bonchev–Trinajstić information content (AvgIpc) is 2.59. The van der Waals surface area contributed by atoms with Crippen LogP contribution in [0.3, 0.4) is 0 Å². The number of hydrogen-bond donors (Lipinski definition) is 0. The maximum absolute atomic E-state index is 5.92. The van der Waals surface area contributed by atoms with Crippen LogP contribution < -0.4 is 0 Å². The summed E-state index contributed by atoms with van der Waals surface area (Å²) < 4.78 is 1.89. The third-order valence-corrected chi connectivity index (χ3v) is 2.55. The molecule has 5 heteroatoms. The van der Waals surface area contributed by atoms with Crippen molar-refractivity contribution < 1.29 is 0 Å². The number of aryl methyl sites for hydroxylation is 1. The minimum absolute atomic E-state index is 0.327. The summed E-state index contributed by atoms with van der Waals surface area (Å²) in [6, 6.07) is 7.51. The zero-order valence-electron chi connectivity index (χ0n) is 8.11. The van der Waals surface area contributed by atoms with Crippen LogP contribution >= 0.6 is 23.2 Å². The number of aromatic nitrogens is 3. The number of alkyl halides is 1. The van der Waals surface area contributed by atoms with Crippen molar-refractivity contribution in [3.05, 3.63) is 40.9 Å². The van der Waals surface area contributed by atoms with Gasteiger partial charge in [0.05, 0.1) is 11.6 Å². The molecule has 2 aromatic rings. The summed E-state index contributed by atoms with van der Waals surface area (Å²) in [6.07, 6.45) is 0. The number of halogens is 2. The molecule has 78 valence electrons. The van der Waals surface area contributed by atoms with Gasteiger partial charge in [-0.15, -0.1) is 21.8 Å². The van der Waals surface area contributed by atoms with Crippen molar-refractivity contribution in [2.45, 2.75) is 12.8 Å². The predicted octanol–water partition coefficient (Wildman–Crippen LogP) is 2.97. The molecule has 0 saturated heterocycles. The van der Waals surface area contributed by atoms with Crippen molar-refractivity contribution in [1.29, 1.82) is 0 Å². The lowest BCUT2D eigenvalue weighted by atomic mass is 10.3. The van der Waals surface area contributed by atoms with Gasteiger partial charge in [0.1, 0.15) is 5.82 Å². The van der Waals surface area contributed by atoms with Gasteiger partial charge in [0, 0.05) is 5.02 Å². The van der Waals surface area contributed by atoms with Crippen molar-refractivity contribution in [1.82, 2.24) is 14.8 Å². The van der Waals surface area contributed by atoms with E-state index in [0.29, 0.717) is 10.9 Å². The van der Waals surface area contributed by atoms with Gasteiger partial charge >= 0.3 is 0 Å². The van der Waals surface area contributed by atoms with Gasteiger partial charge in [-0.2, -0.15) is 0 Å². The van der Waals surface area contributed by atoms with Gasteiger partial charge in [-0.1, -0.05) is 17.7 Å². The van der Waals surface area contributed by atoms with Gasteiger partial charge in [-0.05, 0) is 25.1 Å². The van der Waals surface area contributed by atoms with Crippen LogP contribution in [0.5, 0.6) is 0 Å². The van der Waals surface area contributed by atoms with Crippen molar-refractivity contribution in [2.75, 3.05) is 0 Å². The average molecular weight is 242 g/mol. The van der Waals surface area contributed by atoms with E-state index < -0.39 is 0 Å². The molecule has 1 aromatic heterocycles. The third kappa shape index (κ3) is 1.98.